The van der Waals surface area contributed by atoms with E-state index in [1.54, 1.807) is 26.4 Å². The van der Waals surface area contributed by atoms with Crippen LogP contribution in [0.1, 0.15) is 102 Å². The molecule has 42 heavy (non-hydrogen) atoms. The number of amides is 1. The molecule has 3 aromatic rings. The molecule has 1 aliphatic rings. The van der Waals surface area contributed by atoms with Gasteiger partial charge >= 0.3 is 6.03 Å². The molecular weight excluding hydrogens is 531 g/mol. The van der Waals surface area contributed by atoms with Gasteiger partial charge in [0.25, 0.3) is 0 Å². The summed E-state index contributed by atoms with van der Waals surface area (Å²) in [6.45, 7) is 2.85. The van der Waals surface area contributed by atoms with Gasteiger partial charge in [0.1, 0.15) is 11.6 Å². The molecule has 0 atom stereocenters. The summed E-state index contributed by atoms with van der Waals surface area (Å²) in [5.74, 6) is 1.43. The van der Waals surface area contributed by atoms with Crippen molar-refractivity contribution in [2.75, 3.05) is 26.1 Å². The standard InChI is InChI=1S/C34H47FN4O3/c1-4-5-6-7-8-9-10-11-12-13-14-15-16-20-36-34(40)39-33(37-27-19-17-18-26(35)23-27)29-21-25-22-30(41-2)31(42-3)24-28(25)32(29)38-39/h17-19,22-24,37H,4-16,20-21H2,1-3H3,(H,36,40). The van der Waals surface area contributed by atoms with Gasteiger partial charge in [-0.3, -0.25) is 0 Å². The van der Waals surface area contributed by atoms with Gasteiger partial charge in [-0.2, -0.15) is 9.78 Å². The van der Waals surface area contributed by atoms with Gasteiger partial charge in [-0.25, -0.2) is 9.18 Å². The zero-order valence-corrected chi connectivity index (χ0v) is 25.6. The molecule has 0 saturated heterocycles. The summed E-state index contributed by atoms with van der Waals surface area (Å²) in [5, 5.41) is 11.0. The maximum absolute atomic E-state index is 14.0. The van der Waals surface area contributed by atoms with Gasteiger partial charge in [0.05, 0.1) is 19.9 Å². The predicted molar refractivity (Wildman–Crippen MR) is 168 cm³/mol. The minimum Gasteiger partial charge on any atom is -0.493 e. The minimum atomic E-state index is -0.354. The number of nitrogens with zero attached hydrogens (tertiary/aromatic N) is 2. The Bertz CT molecular complexity index is 1310. The molecule has 8 heteroatoms. The fraction of sp³-hybridized carbons (Fsp3) is 0.529. The van der Waals surface area contributed by atoms with Gasteiger partial charge in [0, 0.05) is 29.8 Å². The molecule has 0 spiro atoms. The largest absolute Gasteiger partial charge is 0.493 e. The second kappa shape index (κ2) is 16.2. The number of halogens is 1. The van der Waals surface area contributed by atoms with E-state index in [2.05, 4.69) is 17.6 Å². The first-order chi connectivity index (χ1) is 20.5. The van der Waals surface area contributed by atoms with Crippen LogP contribution in [0.2, 0.25) is 0 Å². The SMILES string of the molecule is CCCCCCCCCCCCCCCNC(=O)n1nc2c(c1Nc1cccc(F)c1)Cc1cc(OC)c(OC)cc1-2. The number of carbonyl (C=O) groups excluding carboxylic acids is 1. The van der Waals surface area contributed by atoms with Gasteiger partial charge in [-0.15, -0.1) is 0 Å². The normalized spacial score (nSPS) is 11.7. The van der Waals surface area contributed by atoms with E-state index in [1.807, 2.05) is 12.1 Å². The summed E-state index contributed by atoms with van der Waals surface area (Å²) in [4.78, 5) is 13.3. The lowest BCUT2D eigenvalue weighted by Gasteiger charge is -2.13. The van der Waals surface area contributed by atoms with Crippen LogP contribution in [0.3, 0.4) is 0 Å². The highest BCUT2D eigenvalue weighted by atomic mass is 19.1. The van der Waals surface area contributed by atoms with Crippen molar-refractivity contribution in [3.05, 3.63) is 53.3 Å². The molecule has 228 valence electrons. The molecule has 0 radical (unpaired) electrons. The molecule has 7 nitrogen and oxygen atoms in total. The van der Waals surface area contributed by atoms with Crippen LogP contribution in [0.5, 0.6) is 11.5 Å². The quantitative estimate of drug-likeness (QED) is 0.115. The monoisotopic (exact) mass is 578 g/mol. The zero-order chi connectivity index (χ0) is 29.7. The number of ether oxygens (including phenoxy) is 2. The number of hydrogen-bond acceptors (Lipinski definition) is 5. The Labute approximate surface area is 250 Å². The van der Waals surface area contributed by atoms with E-state index in [0.717, 1.165) is 29.5 Å². The highest BCUT2D eigenvalue weighted by Gasteiger charge is 2.31. The first kappa shape index (κ1) is 31.4. The molecule has 2 aromatic carbocycles. The summed E-state index contributed by atoms with van der Waals surface area (Å²) in [5.41, 5.74) is 4.07. The van der Waals surface area contributed by atoms with Gasteiger partial charge in [-0.1, -0.05) is 90.0 Å². The van der Waals surface area contributed by atoms with Crippen LogP contribution in [0.4, 0.5) is 20.7 Å². The number of anilines is 2. The minimum absolute atomic E-state index is 0.302. The fourth-order valence-corrected chi connectivity index (χ4v) is 5.70. The van der Waals surface area contributed by atoms with Crippen molar-refractivity contribution in [1.29, 1.82) is 0 Å². The van der Waals surface area contributed by atoms with Crippen molar-refractivity contribution in [3.8, 4) is 22.8 Å². The number of methoxy groups -OCH3 is 2. The molecule has 0 saturated carbocycles. The van der Waals surface area contributed by atoms with Gasteiger partial charge in [-0.05, 0) is 42.3 Å². The lowest BCUT2D eigenvalue weighted by Crippen LogP contribution is -2.31. The van der Waals surface area contributed by atoms with E-state index < -0.39 is 0 Å². The number of hydrogen-bond donors (Lipinski definition) is 2. The number of aromatic nitrogens is 2. The van der Waals surface area contributed by atoms with E-state index in [4.69, 9.17) is 14.6 Å². The van der Waals surface area contributed by atoms with E-state index in [9.17, 15) is 9.18 Å². The average molecular weight is 579 g/mol. The Morgan fingerprint density at radius 3 is 2.12 bits per heavy atom. The second-order valence-corrected chi connectivity index (χ2v) is 11.2. The van der Waals surface area contributed by atoms with Gasteiger partial charge < -0.3 is 20.1 Å². The Morgan fingerprint density at radius 2 is 1.50 bits per heavy atom. The second-order valence-electron chi connectivity index (χ2n) is 11.2. The Morgan fingerprint density at radius 1 is 0.881 bits per heavy atom. The molecule has 0 fully saturated rings. The Balaban J connectivity index is 1.31. The number of rotatable bonds is 18. The van der Waals surface area contributed by atoms with E-state index in [1.165, 1.54) is 87.4 Å². The van der Waals surface area contributed by atoms with E-state index in [0.29, 0.717) is 41.7 Å². The van der Waals surface area contributed by atoms with Crippen molar-refractivity contribution in [2.24, 2.45) is 0 Å². The highest BCUT2D eigenvalue weighted by Crippen LogP contribution is 2.45. The maximum Gasteiger partial charge on any atom is 0.344 e. The van der Waals surface area contributed by atoms with Crippen molar-refractivity contribution in [3.63, 3.8) is 0 Å². The number of fused-ring (bicyclic) bond motifs is 3. The summed E-state index contributed by atoms with van der Waals surface area (Å²) >= 11 is 0. The molecule has 2 N–H and O–H groups in total. The molecular formula is C34H47FN4O3. The lowest BCUT2D eigenvalue weighted by molar-refractivity contribution is 0.240. The van der Waals surface area contributed by atoms with Gasteiger partial charge in [0.2, 0.25) is 0 Å². The smallest absolute Gasteiger partial charge is 0.344 e. The summed E-state index contributed by atoms with van der Waals surface area (Å²) < 4.78 is 26.3. The van der Waals surface area contributed by atoms with E-state index >= 15 is 0 Å². The molecule has 0 unspecified atom stereocenters. The zero-order valence-electron chi connectivity index (χ0n) is 25.6. The Kier molecular flexibility index (Phi) is 12.1. The lowest BCUT2D eigenvalue weighted by atomic mass is 10.0. The van der Waals surface area contributed by atoms with Crippen molar-refractivity contribution in [1.82, 2.24) is 15.1 Å². The van der Waals surface area contributed by atoms with Crippen LogP contribution in [-0.2, 0) is 6.42 Å². The third kappa shape index (κ3) is 8.26. The number of unbranched alkanes of at least 4 members (excludes halogenated alkanes) is 12. The number of carbonyl (C=O) groups is 1. The van der Waals surface area contributed by atoms with Crippen LogP contribution in [0, 0.1) is 5.82 Å². The topological polar surface area (TPSA) is 77.4 Å². The fourth-order valence-electron chi connectivity index (χ4n) is 5.70. The average Bonchev–Trinajstić information content (AvgIpc) is 3.52. The molecule has 1 amide bonds. The van der Waals surface area contributed by atoms with Crippen LogP contribution < -0.4 is 20.1 Å². The van der Waals surface area contributed by atoms with Crippen molar-refractivity contribution >= 4 is 17.5 Å². The van der Waals surface area contributed by atoms with Crippen LogP contribution in [-0.4, -0.2) is 36.6 Å². The summed E-state index contributed by atoms with van der Waals surface area (Å²) in [7, 11) is 3.21. The molecule has 0 aliphatic heterocycles. The molecule has 1 aliphatic carbocycles. The third-order valence-corrected chi connectivity index (χ3v) is 8.05. The van der Waals surface area contributed by atoms with Crippen LogP contribution >= 0.6 is 0 Å². The molecule has 1 heterocycles. The Hall–Kier alpha value is -3.55. The predicted octanol–water partition coefficient (Wildman–Crippen LogP) is 9.00. The van der Waals surface area contributed by atoms with E-state index in [-0.39, 0.29) is 11.8 Å². The van der Waals surface area contributed by atoms with Crippen LogP contribution in [0.25, 0.3) is 11.3 Å². The van der Waals surface area contributed by atoms with Crippen molar-refractivity contribution in [2.45, 2.75) is 96.8 Å². The van der Waals surface area contributed by atoms with Crippen LogP contribution in [0.15, 0.2) is 36.4 Å². The third-order valence-electron chi connectivity index (χ3n) is 8.05. The van der Waals surface area contributed by atoms with Gasteiger partial charge in [0.15, 0.2) is 11.5 Å². The number of nitrogens with one attached hydrogen (secondary N) is 2. The summed E-state index contributed by atoms with van der Waals surface area (Å²) in [6.07, 6.45) is 17.2. The number of benzene rings is 2. The molecule has 4 rings (SSSR count). The highest BCUT2D eigenvalue weighted by molar-refractivity contribution is 5.88. The van der Waals surface area contributed by atoms with Crippen molar-refractivity contribution < 1.29 is 18.7 Å². The first-order valence-corrected chi connectivity index (χ1v) is 15.7. The summed E-state index contributed by atoms with van der Waals surface area (Å²) in [6, 6.07) is 9.75. The maximum atomic E-state index is 14.0. The molecule has 0 bridgehead atoms. The molecule has 1 aromatic heterocycles. The first-order valence-electron chi connectivity index (χ1n) is 15.7.